The van der Waals surface area contributed by atoms with Gasteiger partial charge in [0.1, 0.15) is 0 Å². The molecule has 1 heterocycles. The second-order valence-electron chi connectivity index (χ2n) is 3.68. The molecule has 1 atom stereocenters. The van der Waals surface area contributed by atoms with E-state index in [4.69, 9.17) is 4.74 Å². The second kappa shape index (κ2) is 6.59. The zero-order chi connectivity index (χ0) is 11.4. The first-order chi connectivity index (χ1) is 7.81. The lowest BCUT2D eigenvalue weighted by molar-refractivity contribution is 0.0276. The van der Waals surface area contributed by atoms with Gasteiger partial charge in [-0.1, -0.05) is 12.1 Å². The van der Waals surface area contributed by atoms with Gasteiger partial charge in [0.2, 0.25) is 0 Å². The predicted molar refractivity (Wildman–Crippen MR) is 66.6 cm³/mol. The topological polar surface area (TPSA) is 47.6 Å². The van der Waals surface area contributed by atoms with Crippen LogP contribution in [0.15, 0.2) is 24.3 Å². The number of ether oxygens (including phenoxy) is 2. The van der Waals surface area contributed by atoms with Crippen LogP contribution in [0.25, 0.3) is 0 Å². The minimum absolute atomic E-state index is 0. The molecule has 0 amide bonds. The quantitative estimate of drug-likeness (QED) is 0.817. The van der Waals surface area contributed by atoms with E-state index in [1.54, 1.807) is 6.07 Å². The minimum atomic E-state index is -0.314. The number of halogens is 1. The van der Waals surface area contributed by atoms with Gasteiger partial charge in [-0.05, 0) is 17.7 Å². The molecule has 4 nitrogen and oxygen atoms in total. The van der Waals surface area contributed by atoms with Crippen LogP contribution in [0.1, 0.15) is 22.0 Å². The van der Waals surface area contributed by atoms with Crippen LogP contribution in [0, 0.1) is 0 Å². The molecule has 0 spiro atoms. The standard InChI is InChI=1S/C12H15NO3.ClH/c1-15-12(14)10-4-2-3-9(7-10)11-8-13-5-6-16-11;/h2-4,7,11,13H,5-6,8H2,1H3;1H. The van der Waals surface area contributed by atoms with Crippen molar-refractivity contribution in [1.29, 1.82) is 0 Å². The number of carbonyl (C=O) groups is 1. The Kier molecular flexibility index (Phi) is 5.41. The van der Waals surface area contributed by atoms with E-state index in [1.165, 1.54) is 7.11 Å². The number of methoxy groups -OCH3 is 1. The number of hydrogen-bond donors (Lipinski definition) is 1. The molecule has 1 aliphatic rings. The molecule has 1 unspecified atom stereocenters. The maximum absolute atomic E-state index is 11.4. The number of hydrogen-bond acceptors (Lipinski definition) is 4. The van der Waals surface area contributed by atoms with Crippen molar-refractivity contribution in [3.05, 3.63) is 35.4 Å². The predicted octanol–water partition coefficient (Wildman–Crippen LogP) is 1.56. The number of carbonyl (C=O) groups excluding carboxylic acids is 1. The maximum Gasteiger partial charge on any atom is 0.337 e. The number of nitrogens with one attached hydrogen (secondary N) is 1. The summed E-state index contributed by atoms with van der Waals surface area (Å²) in [6, 6.07) is 7.37. The van der Waals surface area contributed by atoms with Crippen molar-refractivity contribution in [1.82, 2.24) is 5.32 Å². The van der Waals surface area contributed by atoms with Crippen molar-refractivity contribution in [2.75, 3.05) is 26.8 Å². The largest absolute Gasteiger partial charge is 0.465 e. The summed E-state index contributed by atoms with van der Waals surface area (Å²) < 4.78 is 10.3. The first-order valence-electron chi connectivity index (χ1n) is 5.32. The fraction of sp³-hybridized carbons (Fsp3) is 0.417. The average Bonchev–Trinajstić information content (AvgIpc) is 2.39. The lowest BCUT2D eigenvalue weighted by atomic mass is 10.1. The molecular weight excluding hydrogens is 242 g/mol. The Balaban J connectivity index is 0.00000144. The molecule has 1 aliphatic heterocycles. The summed E-state index contributed by atoms with van der Waals surface area (Å²) in [6.45, 7) is 2.37. The van der Waals surface area contributed by atoms with Gasteiger partial charge in [-0.15, -0.1) is 12.4 Å². The number of morpholine rings is 1. The molecule has 0 saturated carbocycles. The molecule has 0 aromatic heterocycles. The van der Waals surface area contributed by atoms with Crippen LogP contribution in [0.2, 0.25) is 0 Å². The second-order valence-corrected chi connectivity index (χ2v) is 3.68. The highest BCUT2D eigenvalue weighted by Gasteiger charge is 2.16. The van der Waals surface area contributed by atoms with Gasteiger partial charge in [0.05, 0.1) is 25.4 Å². The number of esters is 1. The summed E-state index contributed by atoms with van der Waals surface area (Å²) in [4.78, 5) is 11.4. The van der Waals surface area contributed by atoms with E-state index in [1.807, 2.05) is 18.2 Å². The molecule has 2 rings (SSSR count). The summed E-state index contributed by atoms with van der Waals surface area (Å²) in [5.41, 5.74) is 1.57. The van der Waals surface area contributed by atoms with E-state index in [2.05, 4.69) is 10.1 Å². The molecule has 5 heteroatoms. The molecule has 1 N–H and O–H groups in total. The molecule has 94 valence electrons. The van der Waals surface area contributed by atoms with E-state index >= 15 is 0 Å². The first kappa shape index (κ1) is 14.0. The third-order valence-corrected chi connectivity index (χ3v) is 2.61. The smallest absolute Gasteiger partial charge is 0.337 e. The first-order valence-corrected chi connectivity index (χ1v) is 5.32. The Morgan fingerprint density at radius 1 is 1.53 bits per heavy atom. The van der Waals surface area contributed by atoms with E-state index in [0.29, 0.717) is 12.2 Å². The monoisotopic (exact) mass is 257 g/mol. The van der Waals surface area contributed by atoms with Crippen molar-refractivity contribution in [3.63, 3.8) is 0 Å². The molecule has 0 aliphatic carbocycles. The Bertz CT molecular complexity index is 378. The van der Waals surface area contributed by atoms with E-state index in [9.17, 15) is 4.79 Å². The van der Waals surface area contributed by atoms with Crippen LogP contribution >= 0.6 is 12.4 Å². The molecule has 17 heavy (non-hydrogen) atoms. The summed E-state index contributed by atoms with van der Waals surface area (Å²) in [5, 5.41) is 3.25. The summed E-state index contributed by atoms with van der Waals surface area (Å²) in [6.07, 6.45) is 0.0263. The van der Waals surface area contributed by atoms with Gasteiger partial charge in [-0.3, -0.25) is 0 Å². The minimum Gasteiger partial charge on any atom is -0.465 e. The third-order valence-electron chi connectivity index (χ3n) is 2.61. The van der Waals surface area contributed by atoms with Crippen LogP contribution in [0.5, 0.6) is 0 Å². The summed E-state index contributed by atoms with van der Waals surface area (Å²) in [5.74, 6) is -0.314. The Labute approximate surface area is 107 Å². The lowest BCUT2D eigenvalue weighted by Crippen LogP contribution is -2.33. The van der Waals surface area contributed by atoms with Crippen molar-refractivity contribution in [3.8, 4) is 0 Å². The van der Waals surface area contributed by atoms with Crippen LogP contribution in [0.3, 0.4) is 0 Å². The molecule has 0 bridgehead atoms. The maximum atomic E-state index is 11.4. The average molecular weight is 258 g/mol. The number of benzene rings is 1. The van der Waals surface area contributed by atoms with Gasteiger partial charge in [-0.2, -0.15) is 0 Å². The van der Waals surface area contributed by atoms with Gasteiger partial charge in [0.25, 0.3) is 0 Å². The van der Waals surface area contributed by atoms with Gasteiger partial charge < -0.3 is 14.8 Å². The van der Waals surface area contributed by atoms with Crippen molar-refractivity contribution in [2.24, 2.45) is 0 Å². The van der Waals surface area contributed by atoms with Crippen molar-refractivity contribution in [2.45, 2.75) is 6.10 Å². The van der Waals surface area contributed by atoms with Crippen LogP contribution in [0.4, 0.5) is 0 Å². The molecule has 0 radical (unpaired) electrons. The van der Waals surface area contributed by atoms with Crippen LogP contribution < -0.4 is 5.32 Å². The Morgan fingerprint density at radius 3 is 3.00 bits per heavy atom. The highest BCUT2D eigenvalue weighted by atomic mass is 35.5. The van der Waals surface area contributed by atoms with Crippen LogP contribution in [-0.4, -0.2) is 32.8 Å². The zero-order valence-electron chi connectivity index (χ0n) is 9.64. The third kappa shape index (κ3) is 3.43. The molecular formula is C12H16ClNO3. The highest BCUT2D eigenvalue weighted by molar-refractivity contribution is 5.89. The molecule has 1 aromatic carbocycles. The Hall–Kier alpha value is -1.10. The SMILES string of the molecule is COC(=O)c1cccc(C2CNCCO2)c1.Cl. The van der Waals surface area contributed by atoms with Gasteiger partial charge in [0.15, 0.2) is 0 Å². The van der Waals surface area contributed by atoms with E-state index in [0.717, 1.165) is 18.7 Å². The summed E-state index contributed by atoms with van der Waals surface area (Å²) in [7, 11) is 1.38. The van der Waals surface area contributed by atoms with Gasteiger partial charge in [-0.25, -0.2) is 4.79 Å². The van der Waals surface area contributed by atoms with Crippen LogP contribution in [-0.2, 0) is 9.47 Å². The highest BCUT2D eigenvalue weighted by Crippen LogP contribution is 2.19. The fourth-order valence-electron chi connectivity index (χ4n) is 1.76. The van der Waals surface area contributed by atoms with Crippen molar-refractivity contribution >= 4 is 18.4 Å². The van der Waals surface area contributed by atoms with E-state index in [-0.39, 0.29) is 24.5 Å². The lowest BCUT2D eigenvalue weighted by Gasteiger charge is -2.24. The fourth-order valence-corrected chi connectivity index (χ4v) is 1.76. The Morgan fingerprint density at radius 2 is 2.35 bits per heavy atom. The zero-order valence-corrected chi connectivity index (χ0v) is 10.5. The molecule has 1 saturated heterocycles. The van der Waals surface area contributed by atoms with Crippen molar-refractivity contribution < 1.29 is 14.3 Å². The van der Waals surface area contributed by atoms with E-state index < -0.39 is 0 Å². The number of rotatable bonds is 2. The summed E-state index contributed by atoms with van der Waals surface area (Å²) >= 11 is 0. The molecule has 1 fully saturated rings. The van der Waals surface area contributed by atoms with Gasteiger partial charge >= 0.3 is 5.97 Å². The van der Waals surface area contributed by atoms with Gasteiger partial charge in [0, 0.05) is 13.1 Å². The normalized spacial score (nSPS) is 19.2. The molecule has 1 aromatic rings.